The van der Waals surface area contributed by atoms with Crippen molar-refractivity contribution >= 4 is 27.4 Å². The molecule has 1 fully saturated rings. The van der Waals surface area contributed by atoms with E-state index in [0.717, 1.165) is 27.2 Å². The Kier molecular flexibility index (Phi) is 5.06. The van der Waals surface area contributed by atoms with Gasteiger partial charge in [-0.3, -0.25) is 4.40 Å². The van der Waals surface area contributed by atoms with E-state index >= 15 is 0 Å². The molecule has 0 aliphatic heterocycles. The molecule has 0 bridgehead atoms. The molecule has 4 aromatic heterocycles. The van der Waals surface area contributed by atoms with Gasteiger partial charge in [-0.1, -0.05) is 18.9 Å². The standard InChI is InChI=1S/C24H21BrN4O/c1-16-14-20(25)23-28-22(24(29(23)15-16)27-18-7-2-3-8-18)21-12-11-19(30-21)10-9-17-6-4-5-13-26-17/h4-6,11-15,18,27H,2-3,7-8H2,1H3. The van der Waals surface area contributed by atoms with Crippen LogP contribution in [0.3, 0.4) is 0 Å². The highest BCUT2D eigenvalue weighted by Gasteiger charge is 2.23. The number of hydrogen-bond donors (Lipinski definition) is 1. The van der Waals surface area contributed by atoms with E-state index in [1.54, 1.807) is 6.20 Å². The normalized spacial score (nSPS) is 14.1. The van der Waals surface area contributed by atoms with Crippen molar-refractivity contribution < 1.29 is 4.42 Å². The highest BCUT2D eigenvalue weighted by Crippen LogP contribution is 2.35. The molecule has 1 aliphatic carbocycles. The van der Waals surface area contributed by atoms with Crippen molar-refractivity contribution in [3.05, 3.63) is 70.3 Å². The number of nitrogens with one attached hydrogen (secondary N) is 1. The molecule has 4 aromatic rings. The number of rotatable bonds is 3. The molecule has 30 heavy (non-hydrogen) atoms. The van der Waals surface area contributed by atoms with Crippen molar-refractivity contribution in [3.8, 4) is 23.3 Å². The third-order valence-corrected chi connectivity index (χ3v) is 5.91. The van der Waals surface area contributed by atoms with Gasteiger partial charge in [0.15, 0.2) is 17.2 Å². The fourth-order valence-electron chi connectivity index (χ4n) is 3.90. The fraction of sp³-hybridized carbons (Fsp3) is 0.250. The summed E-state index contributed by atoms with van der Waals surface area (Å²) in [6.07, 6.45) is 8.73. The average molecular weight is 461 g/mol. The van der Waals surface area contributed by atoms with Gasteiger partial charge in [0.25, 0.3) is 0 Å². The second-order valence-corrected chi connectivity index (χ2v) is 8.48. The number of fused-ring (bicyclic) bond motifs is 1. The van der Waals surface area contributed by atoms with Crippen LogP contribution in [0, 0.1) is 18.8 Å². The fourth-order valence-corrected chi connectivity index (χ4v) is 4.54. The van der Waals surface area contributed by atoms with Gasteiger partial charge in [-0.25, -0.2) is 9.97 Å². The molecular formula is C24H21BrN4O. The number of nitrogens with zero attached hydrogens (tertiary/aromatic N) is 3. The van der Waals surface area contributed by atoms with Crippen molar-refractivity contribution in [3.63, 3.8) is 0 Å². The van der Waals surface area contributed by atoms with Crippen LogP contribution in [0.5, 0.6) is 0 Å². The number of pyridine rings is 2. The molecule has 1 aliphatic rings. The second kappa shape index (κ2) is 8.00. The average Bonchev–Trinajstić information content (AvgIpc) is 3.49. The SMILES string of the molecule is Cc1cc(Br)c2nc(-c3ccc(C#Cc4ccccn4)o3)c(NC3CCCC3)n2c1. The molecule has 1 saturated carbocycles. The highest BCUT2D eigenvalue weighted by molar-refractivity contribution is 9.10. The largest absolute Gasteiger partial charge is 0.446 e. The molecule has 5 nitrogen and oxygen atoms in total. The Morgan fingerprint density at radius 3 is 2.83 bits per heavy atom. The monoisotopic (exact) mass is 460 g/mol. The summed E-state index contributed by atoms with van der Waals surface area (Å²) in [6, 6.07) is 12.0. The third-order valence-electron chi connectivity index (χ3n) is 5.33. The van der Waals surface area contributed by atoms with E-state index in [9.17, 15) is 0 Å². The first-order valence-corrected chi connectivity index (χ1v) is 10.9. The first kappa shape index (κ1) is 19.0. The first-order chi connectivity index (χ1) is 14.7. The molecule has 0 saturated heterocycles. The third kappa shape index (κ3) is 3.73. The molecule has 4 heterocycles. The second-order valence-electron chi connectivity index (χ2n) is 7.62. The van der Waals surface area contributed by atoms with Crippen LogP contribution in [0.4, 0.5) is 5.82 Å². The predicted octanol–water partition coefficient (Wildman–Crippen LogP) is 5.81. The summed E-state index contributed by atoms with van der Waals surface area (Å²) >= 11 is 3.67. The van der Waals surface area contributed by atoms with Crippen LogP contribution in [0.2, 0.25) is 0 Å². The summed E-state index contributed by atoms with van der Waals surface area (Å²) in [6.45, 7) is 2.08. The van der Waals surface area contributed by atoms with Crippen LogP contribution in [0.15, 0.2) is 57.7 Å². The van der Waals surface area contributed by atoms with Crippen LogP contribution in [-0.4, -0.2) is 20.4 Å². The van der Waals surface area contributed by atoms with Gasteiger partial charge >= 0.3 is 0 Å². The number of hydrogen-bond acceptors (Lipinski definition) is 4. The van der Waals surface area contributed by atoms with E-state index in [1.165, 1.54) is 25.7 Å². The van der Waals surface area contributed by atoms with Crippen molar-refractivity contribution in [1.29, 1.82) is 0 Å². The molecule has 0 atom stereocenters. The van der Waals surface area contributed by atoms with Gasteiger partial charge in [0.05, 0.1) is 4.47 Å². The summed E-state index contributed by atoms with van der Waals surface area (Å²) < 4.78 is 9.15. The molecule has 1 N–H and O–H groups in total. The number of aryl methyl sites for hydroxylation is 1. The topological polar surface area (TPSA) is 55.4 Å². The van der Waals surface area contributed by atoms with Gasteiger partial charge in [0.1, 0.15) is 17.2 Å². The lowest BCUT2D eigenvalue weighted by Crippen LogP contribution is -2.16. The summed E-state index contributed by atoms with van der Waals surface area (Å²) in [5.74, 6) is 8.36. The minimum atomic E-state index is 0.460. The van der Waals surface area contributed by atoms with Gasteiger partial charge < -0.3 is 9.73 Å². The van der Waals surface area contributed by atoms with Crippen molar-refractivity contribution in [2.24, 2.45) is 0 Å². The molecule has 0 spiro atoms. The van der Waals surface area contributed by atoms with Gasteiger partial charge in [-0.2, -0.15) is 0 Å². The number of halogens is 1. The van der Waals surface area contributed by atoms with Crippen molar-refractivity contribution in [2.75, 3.05) is 5.32 Å². The molecular weight excluding hydrogens is 440 g/mol. The number of furan rings is 1. The summed E-state index contributed by atoms with van der Waals surface area (Å²) in [5.41, 5.74) is 3.55. The Balaban J connectivity index is 1.56. The molecule has 5 rings (SSSR count). The Morgan fingerprint density at radius 1 is 1.17 bits per heavy atom. The van der Waals surface area contributed by atoms with E-state index in [0.29, 0.717) is 23.3 Å². The molecule has 150 valence electrons. The van der Waals surface area contributed by atoms with Crippen LogP contribution in [0.1, 0.15) is 42.7 Å². The van der Waals surface area contributed by atoms with Crippen LogP contribution in [0.25, 0.3) is 17.1 Å². The van der Waals surface area contributed by atoms with Crippen LogP contribution in [-0.2, 0) is 0 Å². The van der Waals surface area contributed by atoms with Crippen molar-refractivity contribution in [2.45, 2.75) is 38.6 Å². The molecule has 6 heteroatoms. The maximum absolute atomic E-state index is 6.06. The molecule has 0 amide bonds. The summed E-state index contributed by atoms with van der Waals surface area (Å²) in [7, 11) is 0. The highest BCUT2D eigenvalue weighted by atomic mass is 79.9. The van der Waals surface area contributed by atoms with Gasteiger partial charge in [-0.05, 0) is 83.4 Å². The van der Waals surface area contributed by atoms with Crippen molar-refractivity contribution in [1.82, 2.24) is 14.4 Å². The van der Waals surface area contributed by atoms with Gasteiger partial charge in [0, 0.05) is 18.4 Å². The molecule has 0 unspecified atom stereocenters. The lowest BCUT2D eigenvalue weighted by molar-refractivity contribution is 0.567. The summed E-state index contributed by atoms with van der Waals surface area (Å²) in [4.78, 5) is 9.13. The minimum Gasteiger partial charge on any atom is -0.446 e. The molecule has 0 aromatic carbocycles. The smallest absolute Gasteiger partial charge is 0.178 e. The number of anilines is 1. The van der Waals surface area contributed by atoms with Crippen LogP contribution >= 0.6 is 15.9 Å². The summed E-state index contributed by atoms with van der Waals surface area (Å²) in [5, 5.41) is 3.73. The van der Waals surface area contributed by atoms with E-state index in [2.05, 4.69) is 61.7 Å². The molecule has 0 radical (unpaired) electrons. The van der Waals surface area contributed by atoms with E-state index < -0.39 is 0 Å². The van der Waals surface area contributed by atoms with E-state index in [1.807, 2.05) is 30.3 Å². The number of aromatic nitrogens is 3. The Morgan fingerprint density at radius 2 is 2.03 bits per heavy atom. The number of imidazole rings is 1. The Hall–Kier alpha value is -3.04. The van der Waals surface area contributed by atoms with Gasteiger partial charge in [-0.15, -0.1) is 0 Å². The predicted molar refractivity (Wildman–Crippen MR) is 121 cm³/mol. The Labute approximate surface area is 183 Å². The zero-order valence-corrected chi connectivity index (χ0v) is 18.2. The zero-order valence-electron chi connectivity index (χ0n) is 16.7. The first-order valence-electron chi connectivity index (χ1n) is 10.2. The zero-order chi connectivity index (χ0) is 20.5. The van der Waals surface area contributed by atoms with Crippen LogP contribution < -0.4 is 5.32 Å². The maximum Gasteiger partial charge on any atom is 0.178 e. The van der Waals surface area contributed by atoms with E-state index in [-0.39, 0.29) is 0 Å². The van der Waals surface area contributed by atoms with E-state index in [4.69, 9.17) is 9.40 Å². The lowest BCUT2D eigenvalue weighted by atomic mass is 10.2. The van der Waals surface area contributed by atoms with Gasteiger partial charge in [0.2, 0.25) is 0 Å². The quantitative estimate of drug-likeness (QED) is 0.391. The Bertz CT molecular complexity index is 1260. The lowest BCUT2D eigenvalue weighted by Gasteiger charge is -2.14. The minimum absolute atomic E-state index is 0.460. The maximum atomic E-state index is 6.06.